The maximum atomic E-state index is 13.8. The van der Waals surface area contributed by atoms with E-state index < -0.39 is 22.7 Å². The van der Waals surface area contributed by atoms with Crippen molar-refractivity contribution in [2.45, 2.75) is 26.3 Å². The van der Waals surface area contributed by atoms with Crippen molar-refractivity contribution in [1.82, 2.24) is 0 Å². The van der Waals surface area contributed by atoms with Crippen molar-refractivity contribution >= 4 is 5.97 Å². The molecule has 1 atom stereocenters. The number of esters is 1. The lowest BCUT2D eigenvalue weighted by atomic mass is 9.70. The van der Waals surface area contributed by atoms with Gasteiger partial charge in [0.15, 0.2) is 0 Å². The molecule has 1 aromatic rings. The molecule has 0 saturated heterocycles. The first-order valence-corrected chi connectivity index (χ1v) is 5.37. The molecular weight excluding hydrogens is 221 g/mol. The molecule has 1 unspecified atom stereocenters. The molecule has 0 aliphatic carbocycles. The van der Waals surface area contributed by atoms with E-state index in [1.165, 1.54) is 13.2 Å². The lowest BCUT2D eigenvalue weighted by molar-refractivity contribution is -0.154. The van der Waals surface area contributed by atoms with Gasteiger partial charge in [0.05, 0.1) is 18.1 Å². The summed E-state index contributed by atoms with van der Waals surface area (Å²) in [6.45, 7) is 4.92. The summed E-state index contributed by atoms with van der Waals surface area (Å²) >= 11 is 0. The number of carbonyl (C=O) groups excluding carboxylic acids is 1. The van der Waals surface area contributed by atoms with Crippen molar-refractivity contribution in [3.8, 4) is 0 Å². The van der Waals surface area contributed by atoms with Crippen LogP contribution in [-0.2, 0) is 15.1 Å². The van der Waals surface area contributed by atoms with Crippen LogP contribution in [-0.4, -0.2) is 13.1 Å². The highest BCUT2D eigenvalue weighted by atomic mass is 19.1. The predicted octanol–water partition coefficient (Wildman–Crippen LogP) is 2.20. The molecule has 1 rings (SSSR count). The van der Waals surface area contributed by atoms with E-state index in [1.807, 2.05) is 0 Å². The monoisotopic (exact) mass is 239 g/mol. The second-order valence-corrected chi connectivity index (χ2v) is 4.80. The zero-order valence-corrected chi connectivity index (χ0v) is 10.6. The van der Waals surface area contributed by atoms with Gasteiger partial charge < -0.3 is 10.5 Å². The third-order valence-corrected chi connectivity index (χ3v) is 3.43. The maximum absolute atomic E-state index is 13.8. The zero-order chi connectivity index (χ0) is 13.3. The second kappa shape index (κ2) is 4.45. The Morgan fingerprint density at radius 2 is 1.82 bits per heavy atom. The fraction of sp³-hybridized carbons (Fsp3) is 0.462. The Balaban J connectivity index is 3.28. The van der Waals surface area contributed by atoms with Crippen LogP contribution >= 0.6 is 0 Å². The van der Waals surface area contributed by atoms with Crippen LogP contribution in [0.2, 0.25) is 0 Å². The topological polar surface area (TPSA) is 52.3 Å². The normalized spacial score (nSPS) is 15.2. The summed E-state index contributed by atoms with van der Waals surface area (Å²) in [6, 6.07) is 6.19. The molecule has 0 radical (unpaired) electrons. The quantitative estimate of drug-likeness (QED) is 0.823. The van der Waals surface area contributed by atoms with E-state index in [0.29, 0.717) is 5.56 Å². The summed E-state index contributed by atoms with van der Waals surface area (Å²) in [7, 11) is 1.29. The summed E-state index contributed by atoms with van der Waals surface area (Å²) < 4.78 is 18.5. The fourth-order valence-corrected chi connectivity index (χ4v) is 1.69. The van der Waals surface area contributed by atoms with Crippen molar-refractivity contribution in [3.05, 3.63) is 35.6 Å². The van der Waals surface area contributed by atoms with Crippen molar-refractivity contribution in [1.29, 1.82) is 0 Å². The molecule has 0 amide bonds. The molecule has 0 aliphatic heterocycles. The van der Waals surface area contributed by atoms with Crippen LogP contribution < -0.4 is 5.73 Å². The number of methoxy groups -OCH3 is 1. The highest BCUT2D eigenvalue weighted by molar-refractivity contribution is 5.78. The summed E-state index contributed by atoms with van der Waals surface area (Å²) in [6.07, 6.45) is 0. The summed E-state index contributed by atoms with van der Waals surface area (Å²) in [5.74, 6) is -0.889. The molecule has 0 aliphatic rings. The van der Waals surface area contributed by atoms with E-state index in [9.17, 15) is 9.18 Å². The van der Waals surface area contributed by atoms with Gasteiger partial charge in [-0.2, -0.15) is 0 Å². The first kappa shape index (κ1) is 13.6. The van der Waals surface area contributed by atoms with E-state index in [1.54, 1.807) is 39.0 Å². The molecule has 0 aromatic heterocycles. The second-order valence-electron chi connectivity index (χ2n) is 4.80. The molecule has 94 valence electrons. The van der Waals surface area contributed by atoms with Gasteiger partial charge in [0.2, 0.25) is 0 Å². The minimum absolute atomic E-state index is 0.301. The van der Waals surface area contributed by atoms with E-state index in [0.717, 1.165) is 0 Å². The Morgan fingerprint density at radius 1 is 1.29 bits per heavy atom. The van der Waals surface area contributed by atoms with Gasteiger partial charge >= 0.3 is 5.97 Å². The van der Waals surface area contributed by atoms with Crippen LogP contribution in [0.1, 0.15) is 26.3 Å². The largest absolute Gasteiger partial charge is 0.469 e. The average Bonchev–Trinajstić information content (AvgIpc) is 2.27. The van der Waals surface area contributed by atoms with Crippen molar-refractivity contribution in [2.24, 2.45) is 11.1 Å². The molecule has 0 bridgehead atoms. The van der Waals surface area contributed by atoms with Gasteiger partial charge in [-0.05, 0) is 26.8 Å². The Bertz CT molecular complexity index is 427. The molecule has 17 heavy (non-hydrogen) atoms. The lowest BCUT2D eigenvalue weighted by Crippen LogP contribution is -2.52. The van der Waals surface area contributed by atoms with Gasteiger partial charge in [0.1, 0.15) is 5.82 Å². The fourth-order valence-electron chi connectivity index (χ4n) is 1.69. The van der Waals surface area contributed by atoms with Crippen LogP contribution in [0.5, 0.6) is 0 Å². The molecule has 3 nitrogen and oxygen atoms in total. The Morgan fingerprint density at radius 3 is 2.29 bits per heavy atom. The molecular formula is C13H18FNO2. The van der Waals surface area contributed by atoms with Crippen LogP contribution in [0.15, 0.2) is 24.3 Å². The number of ether oxygens (including phenoxy) is 1. The number of carbonyl (C=O) groups is 1. The molecule has 1 aromatic carbocycles. The SMILES string of the molecule is COC(=O)C(C)(C)C(C)(N)c1ccccc1F. The number of halogens is 1. The highest BCUT2D eigenvalue weighted by Gasteiger charge is 2.47. The number of hydrogen-bond donors (Lipinski definition) is 1. The van der Waals surface area contributed by atoms with Gasteiger partial charge in [0, 0.05) is 5.56 Å². The minimum atomic E-state index is -1.15. The van der Waals surface area contributed by atoms with E-state index in [2.05, 4.69) is 0 Å². The molecule has 0 fully saturated rings. The zero-order valence-electron chi connectivity index (χ0n) is 10.6. The molecule has 0 spiro atoms. The van der Waals surface area contributed by atoms with Crippen LogP contribution in [0.3, 0.4) is 0 Å². The first-order valence-electron chi connectivity index (χ1n) is 5.37. The van der Waals surface area contributed by atoms with E-state index >= 15 is 0 Å². The van der Waals surface area contributed by atoms with Crippen molar-refractivity contribution in [2.75, 3.05) is 7.11 Å². The lowest BCUT2D eigenvalue weighted by Gasteiger charge is -2.39. The number of nitrogens with two attached hydrogens (primary N) is 1. The summed E-state index contributed by atoms with van der Waals surface area (Å²) in [5.41, 5.74) is 4.28. The van der Waals surface area contributed by atoms with Gasteiger partial charge in [-0.3, -0.25) is 4.79 Å². The van der Waals surface area contributed by atoms with Gasteiger partial charge in [-0.15, -0.1) is 0 Å². The molecule has 0 saturated carbocycles. The number of benzene rings is 1. The predicted molar refractivity (Wildman–Crippen MR) is 63.7 cm³/mol. The van der Waals surface area contributed by atoms with Crippen molar-refractivity contribution in [3.63, 3.8) is 0 Å². The van der Waals surface area contributed by atoms with E-state index in [-0.39, 0.29) is 0 Å². The van der Waals surface area contributed by atoms with Crippen molar-refractivity contribution < 1.29 is 13.9 Å². The molecule has 4 heteroatoms. The standard InChI is InChI=1S/C13H18FNO2/c1-12(2,11(16)17-4)13(3,15)9-7-5-6-8-10(9)14/h5-8H,15H2,1-4H3. The average molecular weight is 239 g/mol. The third kappa shape index (κ3) is 2.17. The van der Waals surface area contributed by atoms with Crippen LogP contribution in [0.25, 0.3) is 0 Å². The van der Waals surface area contributed by atoms with Crippen LogP contribution in [0, 0.1) is 11.2 Å². The molecule has 2 N–H and O–H groups in total. The number of hydrogen-bond acceptors (Lipinski definition) is 3. The van der Waals surface area contributed by atoms with E-state index in [4.69, 9.17) is 10.5 Å². The van der Waals surface area contributed by atoms with Gasteiger partial charge in [0.25, 0.3) is 0 Å². The first-order chi connectivity index (χ1) is 7.75. The Hall–Kier alpha value is -1.42. The number of rotatable bonds is 3. The molecule has 0 heterocycles. The van der Waals surface area contributed by atoms with Gasteiger partial charge in [-0.25, -0.2) is 4.39 Å². The smallest absolute Gasteiger partial charge is 0.313 e. The van der Waals surface area contributed by atoms with Gasteiger partial charge in [-0.1, -0.05) is 18.2 Å². The highest BCUT2D eigenvalue weighted by Crippen LogP contribution is 2.39. The Labute approximate surface area is 101 Å². The van der Waals surface area contributed by atoms with Crippen LogP contribution in [0.4, 0.5) is 4.39 Å². The Kier molecular flexibility index (Phi) is 3.57. The maximum Gasteiger partial charge on any atom is 0.313 e. The third-order valence-electron chi connectivity index (χ3n) is 3.43. The minimum Gasteiger partial charge on any atom is -0.469 e. The summed E-state index contributed by atoms with van der Waals surface area (Å²) in [5, 5.41) is 0. The summed E-state index contributed by atoms with van der Waals surface area (Å²) in [4.78, 5) is 11.7.